The predicted octanol–water partition coefficient (Wildman–Crippen LogP) is 2.62. The second-order valence-corrected chi connectivity index (χ2v) is 5.52. The Kier molecular flexibility index (Phi) is 4.24. The fourth-order valence-electron chi connectivity index (χ4n) is 2.10. The molecule has 100 valence electrons. The van der Waals surface area contributed by atoms with Crippen LogP contribution in [-0.4, -0.2) is 25.5 Å². The molecule has 1 aromatic carbocycles. The zero-order chi connectivity index (χ0) is 14.0. The Morgan fingerprint density at radius 1 is 1.58 bits per heavy atom. The first-order valence-electron chi connectivity index (χ1n) is 5.87. The minimum absolute atomic E-state index is 0.0913. The average Bonchev–Trinajstić information content (AvgIpc) is 2.79. The summed E-state index contributed by atoms with van der Waals surface area (Å²) in [5.74, 6) is -0.0848. The molecule has 1 aromatic rings. The summed E-state index contributed by atoms with van der Waals surface area (Å²) in [5, 5.41) is 0. The zero-order valence-corrected chi connectivity index (χ0v) is 12.7. The van der Waals surface area contributed by atoms with Crippen LogP contribution in [0, 0.1) is 9.49 Å². The van der Waals surface area contributed by atoms with E-state index < -0.39 is 0 Å². The van der Waals surface area contributed by atoms with Gasteiger partial charge in [0.25, 0.3) is 0 Å². The van der Waals surface area contributed by atoms with Crippen molar-refractivity contribution in [1.29, 1.82) is 0 Å². The quantitative estimate of drug-likeness (QED) is 0.466. The first-order chi connectivity index (χ1) is 9.06. The zero-order valence-electron chi connectivity index (χ0n) is 10.6. The molecule has 1 atom stereocenters. The molecule has 0 aromatic heterocycles. The van der Waals surface area contributed by atoms with Crippen LogP contribution in [0.15, 0.2) is 30.9 Å². The van der Waals surface area contributed by atoms with E-state index in [1.165, 1.54) is 7.11 Å². The molecule has 0 spiro atoms. The maximum Gasteiger partial charge on any atom is 0.337 e. The highest BCUT2D eigenvalue weighted by Gasteiger charge is 2.29. The summed E-state index contributed by atoms with van der Waals surface area (Å²) >= 11 is 2.13. The van der Waals surface area contributed by atoms with Gasteiger partial charge in [0.15, 0.2) is 0 Å². The normalized spacial score (nSPS) is 18.5. The number of carbonyl (C=O) groups excluding carboxylic acids is 2. The number of esters is 1. The Morgan fingerprint density at radius 2 is 2.32 bits per heavy atom. The van der Waals surface area contributed by atoms with Crippen molar-refractivity contribution < 1.29 is 14.3 Å². The van der Waals surface area contributed by atoms with Gasteiger partial charge in [-0.2, -0.15) is 0 Å². The van der Waals surface area contributed by atoms with Gasteiger partial charge in [0, 0.05) is 22.5 Å². The van der Waals surface area contributed by atoms with Gasteiger partial charge in [-0.15, -0.1) is 6.58 Å². The number of hydrogen-bond acceptors (Lipinski definition) is 3. The third-order valence-electron chi connectivity index (χ3n) is 3.15. The molecule has 1 fully saturated rings. The molecule has 1 aliphatic rings. The van der Waals surface area contributed by atoms with Crippen LogP contribution in [0.25, 0.3) is 0 Å². The van der Waals surface area contributed by atoms with Crippen LogP contribution < -0.4 is 4.90 Å². The average molecular weight is 371 g/mol. The fourth-order valence-corrected chi connectivity index (χ4v) is 2.90. The highest BCUT2D eigenvalue weighted by atomic mass is 127. The molecule has 1 amide bonds. The SMILES string of the molecule is C=CC1CC(=O)N(c2ccc(C(=O)OC)cc2I)C1. The minimum atomic E-state index is -0.374. The monoisotopic (exact) mass is 371 g/mol. The minimum Gasteiger partial charge on any atom is -0.465 e. The number of methoxy groups -OCH3 is 1. The largest absolute Gasteiger partial charge is 0.465 e. The lowest BCUT2D eigenvalue weighted by Gasteiger charge is -2.18. The van der Waals surface area contributed by atoms with E-state index in [-0.39, 0.29) is 17.8 Å². The second kappa shape index (κ2) is 5.73. The van der Waals surface area contributed by atoms with E-state index in [1.807, 2.05) is 6.08 Å². The Hall–Kier alpha value is -1.37. The molecule has 1 unspecified atom stereocenters. The first kappa shape index (κ1) is 14.0. The highest BCUT2D eigenvalue weighted by Crippen LogP contribution is 2.30. The molecule has 0 aliphatic carbocycles. The van der Waals surface area contributed by atoms with E-state index in [1.54, 1.807) is 23.1 Å². The van der Waals surface area contributed by atoms with E-state index in [2.05, 4.69) is 33.9 Å². The lowest BCUT2D eigenvalue weighted by molar-refractivity contribution is -0.117. The number of halogens is 1. The molecule has 0 radical (unpaired) electrons. The standard InChI is InChI=1S/C14H14INO3/c1-3-9-6-13(17)16(8-9)12-5-4-10(7-11(12)15)14(18)19-2/h3-5,7,9H,1,6,8H2,2H3. The number of carbonyl (C=O) groups is 2. The Morgan fingerprint density at radius 3 is 2.84 bits per heavy atom. The van der Waals surface area contributed by atoms with Gasteiger partial charge in [-0.1, -0.05) is 6.08 Å². The smallest absolute Gasteiger partial charge is 0.337 e. The molecular weight excluding hydrogens is 357 g/mol. The lowest BCUT2D eigenvalue weighted by Crippen LogP contribution is -2.25. The second-order valence-electron chi connectivity index (χ2n) is 4.36. The Balaban J connectivity index is 2.29. The Labute approximate surface area is 125 Å². The number of amides is 1. The van der Waals surface area contributed by atoms with Crippen LogP contribution in [0.2, 0.25) is 0 Å². The number of nitrogens with zero attached hydrogens (tertiary/aromatic N) is 1. The van der Waals surface area contributed by atoms with Gasteiger partial charge in [-0.3, -0.25) is 4.79 Å². The summed E-state index contributed by atoms with van der Waals surface area (Å²) in [4.78, 5) is 25.1. The van der Waals surface area contributed by atoms with Crippen molar-refractivity contribution in [2.45, 2.75) is 6.42 Å². The van der Waals surface area contributed by atoms with Gasteiger partial charge in [-0.05, 0) is 40.8 Å². The van der Waals surface area contributed by atoms with E-state index in [0.29, 0.717) is 18.5 Å². The van der Waals surface area contributed by atoms with Crippen molar-refractivity contribution >= 4 is 40.2 Å². The van der Waals surface area contributed by atoms with Crippen molar-refractivity contribution in [2.24, 2.45) is 5.92 Å². The van der Waals surface area contributed by atoms with E-state index in [0.717, 1.165) is 9.26 Å². The van der Waals surface area contributed by atoms with Crippen molar-refractivity contribution in [3.8, 4) is 0 Å². The number of benzene rings is 1. The first-order valence-corrected chi connectivity index (χ1v) is 6.95. The third kappa shape index (κ3) is 2.80. The van der Waals surface area contributed by atoms with Crippen LogP contribution in [0.5, 0.6) is 0 Å². The van der Waals surface area contributed by atoms with Crippen LogP contribution in [0.3, 0.4) is 0 Å². The summed E-state index contributed by atoms with van der Waals surface area (Å²) in [6.45, 7) is 4.38. The predicted molar refractivity (Wildman–Crippen MR) is 81.2 cm³/mol. The third-order valence-corrected chi connectivity index (χ3v) is 4.01. The molecule has 1 aliphatic heterocycles. The summed E-state index contributed by atoms with van der Waals surface area (Å²) in [5.41, 5.74) is 1.32. The molecule has 5 heteroatoms. The summed E-state index contributed by atoms with van der Waals surface area (Å²) in [6.07, 6.45) is 2.31. The number of anilines is 1. The van der Waals surface area contributed by atoms with Crippen LogP contribution in [0.4, 0.5) is 5.69 Å². The van der Waals surface area contributed by atoms with E-state index in [4.69, 9.17) is 0 Å². The molecule has 4 nitrogen and oxygen atoms in total. The molecular formula is C14H14INO3. The molecule has 1 saturated heterocycles. The number of hydrogen-bond donors (Lipinski definition) is 0. The maximum absolute atomic E-state index is 12.0. The molecule has 0 saturated carbocycles. The van der Waals surface area contributed by atoms with Gasteiger partial charge in [0.2, 0.25) is 5.91 Å². The Bertz CT molecular complexity index is 541. The van der Waals surface area contributed by atoms with Crippen molar-refractivity contribution in [1.82, 2.24) is 0 Å². The number of rotatable bonds is 3. The van der Waals surface area contributed by atoms with Gasteiger partial charge >= 0.3 is 5.97 Å². The summed E-state index contributed by atoms with van der Waals surface area (Å²) in [7, 11) is 1.35. The van der Waals surface area contributed by atoms with Crippen molar-refractivity contribution in [3.05, 3.63) is 40.0 Å². The lowest BCUT2D eigenvalue weighted by atomic mass is 10.1. The van der Waals surface area contributed by atoms with Gasteiger partial charge in [0.1, 0.15) is 0 Å². The summed E-state index contributed by atoms with van der Waals surface area (Å²) in [6, 6.07) is 5.20. The topological polar surface area (TPSA) is 46.6 Å². The number of ether oxygens (including phenoxy) is 1. The van der Waals surface area contributed by atoms with Gasteiger partial charge in [0.05, 0.1) is 18.4 Å². The molecule has 1 heterocycles. The molecule has 2 rings (SSSR count). The van der Waals surface area contributed by atoms with Crippen molar-refractivity contribution in [2.75, 3.05) is 18.6 Å². The van der Waals surface area contributed by atoms with E-state index in [9.17, 15) is 9.59 Å². The van der Waals surface area contributed by atoms with Crippen molar-refractivity contribution in [3.63, 3.8) is 0 Å². The van der Waals surface area contributed by atoms with Gasteiger partial charge < -0.3 is 9.64 Å². The summed E-state index contributed by atoms with van der Waals surface area (Å²) < 4.78 is 5.54. The highest BCUT2D eigenvalue weighted by molar-refractivity contribution is 14.1. The maximum atomic E-state index is 12.0. The van der Waals surface area contributed by atoms with Crippen LogP contribution in [-0.2, 0) is 9.53 Å². The van der Waals surface area contributed by atoms with Gasteiger partial charge in [-0.25, -0.2) is 4.79 Å². The van der Waals surface area contributed by atoms with E-state index >= 15 is 0 Å². The molecule has 0 N–H and O–H groups in total. The van der Waals surface area contributed by atoms with Crippen LogP contribution >= 0.6 is 22.6 Å². The fraction of sp³-hybridized carbons (Fsp3) is 0.286. The molecule has 19 heavy (non-hydrogen) atoms. The van der Waals surface area contributed by atoms with Crippen LogP contribution in [0.1, 0.15) is 16.8 Å². The molecule has 0 bridgehead atoms.